The van der Waals surface area contributed by atoms with Crippen molar-refractivity contribution < 1.29 is 0 Å². The van der Waals surface area contributed by atoms with Crippen LogP contribution in [0.3, 0.4) is 0 Å². The van der Waals surface area contributed by atoms with Gasteiger partial charge in [0.2, 0.25) is 0 Å². The lowest BCUT2D eigenvalue weighted by atomic mass is 10.3. The second-order valence-corrected chi connectivity index (χ2v) is 5.30. The molecule has 19 heavy (non-hydrogen) atoms. The Morgan fingerprint density at radius 1 is 1.05 bits per heavy atom. The van der Waals surface area contributed by atoms with Gasteiger partial charge in [0.1, 0.15) is 26.4 Å². The van der Waals surface area contributed by atoms with Gasteiger partial charge in [-0.1, -0.05) is 12.1 Å². The lowest BCUT2D eigenvalue weighted by Gasteiger charge is -1.96. The summed E-state index contributed by atoms with van der Waals surface area (Å²) in [6.07, 6.45) is 0. The molecule has 0 radical (unpaired) electrons. The summed E-state index contributed by atoms with van der Waals surface area (Å²) < 4.78 is 0.580. The molecule has 0 saturated heterocycles. The van der Waals surface area contributed by atoms with Gasteiger partial charge in [0.25, 0.3) is 5.56 Å². The number of rotatable bonds is 0. The van der Waals surface area contributed by atoms with Crippen LogP contribution in [0.15, 0.2) is 29.1 Å². The molecule has 0 aliphatic carbocycles. The average Bonchev–Trinajstić information content (AvgIpc) is 2.74. The summed E-state index contributed by atoms with van der Waals surface area (Å²) in [4.78, 5) is 28.9. The minimum Gasteiger partial charge on any atom is -0.310 e. The minimum atomic E-state index is -0.128. The smallest absolute Gasteiger partial charge is 0.269 e. The van der Waals surface area contributed by atoms with Gasteiger partial charge in [-0.3, -0.25) is 4.79 Å². The number of aromatic nitrogens is 4. The highest BCUT2D eigenvalue weighted by atomic mass is 32.1. The van der Waals surface area contributed by atoms with Gasteiger partial charge < -0.3 is 4.98 Å². The maximum atomic E-state index is 11.9. The molecule has 0 amide bonds. The van der Waals surface area contributed by atoms with E-state index in [0.717, 1.165) is 15.9 Å². The third kappa shape index (κ3) is 1.47. The van der Waals surface area contributed by atoms with E-state index in [1.165, 1.54) is 11.3 Å². The van der Waals surface area contributed by atoms with Crippen molar-refractivity contribution >= 4 is 42.9 Å². The van der Waals surface area contributed by atoms with E-state index in [1.807, 2.05) is 24.3 Å². The van der Waals surface area contributed by atoms with E-state index in [-0.39, 0.29) is 5.56 Å². The number of nitrogens with zero attached hydrogens (tertiary/aromatic N) is 3. The van der Waals surface area contributed by atoms with Crippen LogP contribution in [-0.4, -0.2) is 19.9 Å². The number of hydrogen-bond donors (Lipinski definition) is 1. The molecular weight excluding hydrogens is 260 g/mol. The van der Waals surface area contributed by atoms with Crippen LogP contribution >= 0.6 is 11.3 Å². The molecule has 0 spiro atoms. The van der Waals surface area contributed by atoms with Gasteiger partial charge in [0.15, 0.2) is 0 Å². The first-order valence-corrected chi connectivity index (χ1v) is 6.60. The first-order valence-electron chi connectivity index (χ1n) is 5.78. The van der Waals surface area contributed by atoms with Crippen LogP contribution < -0.4 is 5.56 Å². The van der Waals surface area contributed by atoms with Crippen molar-refractivity contribution in [2.24, 2.45) is 0 Å². The molecule has 5 nitrogen and oxygen atoms in total. The molecule has 0 aliphatic rings. The largest absolute Gasteiger partial charge is 0.310 e. The summed E-state index contributed by atoms with van der Waals surface area (Å²) in [7, 11) is 0. The van der Waals surface area contributed by atoms with Crippen LogP contribution in [0.4, 0.5) is 0 Å². The highest BCUT2D eigenvalue weighted by Gasteiger charge is 2.13. The average molecular weight is 268 g/mol. The normalized spacial score (nSPS) is 11.6. The van der Waals surface area contributed by atoms with Gasteiger partial charge in [-0.05, 0) is 19.1 Å². The van der Waals surface area contributed by atoms with Crippen LogP contribution in [0.2, 0.25) is 0 Å². The fourth-order valence-corrected chi connectivity index (χ4v) is 3.10. The fraction of sp³-hybridized carbons (Fsp3) is 0.0769. The fourth-order valence-electron chi connectivity index (χ4n) is 2.14. The summed E-state index contributed by atoms with van der Waals surface area (Å²) in [5, 5.41) is 0. The van der Waals surface area contributed by atoms with Gasteiger partial charge in [0.05, 0.1) is 11.0 Å². The predicted molar refractivity (Wildman–Crippen MR) is 75.6 cm³/mol. The maximum absolute atomic E-state index is 11.9. The van der Waals surface area contributed by atoms with Crippen LogP contribution in [-0.2, 0) is 0 Å². The second-order valence-electron chi connectivity index (χ2n) is 4.30. The van der Waals surface area contributed by atoms with E-state index in [9.17, 15) is 4.79 Å². The molecule has 0 unspecified atom stereocenters. The van der Waals surface area contributed by atoms with Crippen molar-refractivity contribution in [1.29, 1.82) is 0 Å². The van der Waals surface area contributed by atoms with Gasteiger partial charge in [-0.2, -0.15) is 0 Å². The Labute approximate surface area is 111 Å². The van der Waals surface area contributed by atoms with Gasteiger partial charge in [0, 0.05) is 0 Å². The summed E-state index contributed by atoms with van der Waals surface area (Å²) >= 11 is 1.33. The number of H-pyrrole nitrogens is 1. The standard InChI is InChI=1S/C13H8N4OS/c1-6-14-9-10-13(19-11(9)12(18)15-6)17-8-5-3-2-4-7(8)16-10/h2-5H,1H3,(H,14,15,18). The SMILES string of the molecule is Cc1nc2c(sc3nc4ccccc4nc32)c(=O)[nH]1. The number of thiophene rings is 1. The Kier molecular flexibility index (Phi) is 1.99. The number of hydrogen-bond acceptors (Lipinski definition) is 5. The van der Waals surface area contributed by atoms with E-state index in [2.05, 4.69) is 19.9 Å². The van der Waals surface area contributed by atoms with E-state index in [1.54, 1.807) is 6.92 Å². The summed E-state index contributed by atoms with van der Waals surface area (Å²) in [6, 6.07) is 7.66. The number of benzene rings is 1. The number of nitrogens with one attached hydrogen (secondary N) is 1. The quantitative estimate of drug-likeness (QED) is 0.531. The van der Waals surface area contributed by atoms with Crippen molar-refractivity contribution in [2.75, 3.05) is 0 Å². The monoisotopic (exact) mass is 268 g/mol. The molecule has 0 bridgehead atoms. The topological polar surface area (TPSA) is 71.5 Å². The lowest BCUT2D eigenvalue weighted by molar-refractivity contribution is 1.06. The predicted octanol–water partition coefficient (Wildman–Crippen LogP) is 2.39. The van der Waals surface area contributed by atoms with Crippen molar-refractivity contribution in [2.45, 2.75) is 6.92 Å². The number of fused-ring (bicyclic) bond motifs is 4. The highest BCUT2D eigenvalue weighted by molar-refractivity contribution is 7.25. The molecule has 0 aliphatic heterocycles. The number of para-hydroxylation sites is 2. The maximum Gasteiger partial charge on any atom is 0.269 e. The Hall–Kier alpha value is -2.34. The van der Waals surface area contributed by atoms with Gasteiger partial charge in [-0.15, -0.1) is 11.3 Å². The molecule has 3 aromatic heterocycles. The molecular formula is C13H8N4OS. The van der Waals surface area contributed by atoms with Gasteiger partial charge >= 0.3 is 0 Å². The van der Waals surface area contributed by atoms with Crippen molar-refractivity contribution in [3.63, 3.8) is 0 Å². The molecule has 1 N–H and O–H groups in total. The van der Waals surface area contributed by atoms with Crippen LogP contribution in [0.1, 0.15) is 5.82 Å². The molecule has 92 valence electrons. The molecule has 4 aromatic rings. The second kappa shape index (κ2) is 3.58. The number of aromatic amines is 1. The zero-order valence-electron chi connectivity index (χ0n) is 9.97. The van der Waals surface area contributed by atoms with Crippen molar-refractivity contribution in [3.05, 3.63) is 40.4 Å². The summed E-state index contributed by atoms with van der Waals surface area (Å²) in [6.45, 7) is 1.76. The van der Waals surface area contributed by atoms with E-state index < -0.39 is 0 Å². The van der Waals surface area contributed by atoms with Gasteiger partial charge in [-0.25, -0.2) is 15.0 Å². The van der Waals surface area contributed by atoms with E-state index in [4.69, 9.17) is 0 Å². The molecule has 0 atom stereocenters. The first kappa shape index (κ1) is 10.6. The minimum absolute atomic E-state index is 0.128. The first-order chi connectivity index (χ1) is 9.22. The molecule has 1 aromatic carbocycles. The van der Waals surface area contributed by atoms with Crippen LogP contribution in [0.25, 0.3) is 31.6 Å². The van der Waals surface area contributed by atoms with Crippen LogP contribution in [0.5, 0.6) is 0 Å². The van der Waals surface area contributed by atoms with Crippen molar-refractivity contribution in [3.8, 4) is 0 Å². The summed E-state index contributed by atoms with van der Waals surface area (Å²) in [5.41, 5.74) is 2.85. The molecule has 0 fully saturated rings. The van der Waals surface area contributed by atoms with E-state index >= 15 is 0 Å². The third-order valence-electron chi connectivity index (χ3n) is 2.96. The van der Waals surface area contributed by atoms with Crippen LogP contribution in [0, 0.1) is 6.92 Å². The summed E-state index contributed by atoms with van der Waals surface area (Å²) in [5.74, 6) is 0.590. The highest BCUT2D eigenvalue weighted by Crippen LogP contribution is 2.28. The van der Waals surface area contributed by atoms with E-state index in [0.29, 0.717) is 21.6 Å². The zero-order chi connectivity index (χ0) is 13.0. The Morgan fingerprint density at radius 2 is 1.79 bits per heavy atom. The molecule has 4 rings (SSSR count). The Balaban J connectivity index is 2.29. The molecule has 3 heterocycles. The molecule has 6 heteroatoms. The zero-order valence-corrected chi connectivity index (χ0v) is 10.8. The number of aryl methyl sites for hydroxylation is 1. The lowest BCUT2D eigenvalue weighted by Crippen LogP contribution is -2.07. The Morgan fingerprint density at radius 3 is 2.58 bits per heavy atom. The molecule has 0 saturated carbocycles. The Bertz CT molecular complexity index is 1000. The van der Waals surface area contributed by atoms with Crippen molar-refractivity contribution in [1.82, 2.24) is 19.9 Å². The third-order valence-corrected chi connectivity index (χ3v) is 4.02.